The summed E-state index contributed by atoms with van der Waals surface area (Å²) in [6, 6.07) is 0. The number of carbonyl (C=O) groups excluding carboxylic acids is 1. The van der Waals surface area contributed by atoms with E-state index < -0.39 is 0 Å². The monoisotopic (exact) mass is 125 g/mol. The van der Waals surface area contributed by atoms with E-state index in [4.69, 9.17) is 0 Å². The van der Waals surface area contributed by atoms with Gasteiger partial charge in [-0.05, 0) is 12.5 Å². The van der Waals surface area contributed by atoms with E-state index in [-0.39, 0.29) is 0 Å². The lowest BCUT2D eigenvalue weighted by atomic mass is 10.3. The molecule has 0 aliphatic heterocycles. The molecule has 0 saturated carbocycles. The van der Waals surface area contributed by atoms with Gasteiger partial charge in [0.15, 0.2) is 6.29 Å². The Labute approximate surface area is 55.3 Å². The molecule has 0 heterocycles. The van der Waals surface area contributed by atoms with E-state index in [2.05, 4.69) is 4.99 Å². The molecule has 0 aliphatic carbocycles. The van der Waals surface area contributed by atoms with Gasteiger partial charge in [0.1, 0.15) is 0 Å². The Bertz CT molecular complexity index is 136. The van der Waals surface area contributed by atoms with Gasteiger partial charge < -0.3 is 0 Å². The van der Waals surface area contributed by atoms with Crippen LogP contribution in [0.5, 0.6) is 0 Å². The lowest BCUT2D eigenvalue weighted by molar-refractivity contribution is -0.102. The number of nitrogens with zero attached hydrogens (tertiary/aromatic N) is 1. The van der Waals surface area contributed by atoms with Crippen LogP contribution in [0, 0.1) is 0 Å². The number of hydrogen-bond donors (Lipinski definition) is 0. The second-order valence-electron chi connectivity index (χ2n) is 1.58. The predicted molar refractivity (Wildman–Crippen MR) is 38.9 cm³/mol. The van der Waals surface area contributed by atoms with Crippen LogP contribution in [-0.2, 0) is 4.79 Å². The summed E-state index contributed by atoms with van der Waals surface area (Å²) >= 11 is 0. The van der Waals surface area contributed by atoms with Crippen molar-refractivity contribution >= 4 is 12.0 Å². The third-order valence-electron chi connectivity index (χ3n) is 0.903. The Kier molecular flexibility index (Phi) is 4.69. The molecule has 9 heavy (non-hydrogen) atoms. The standard InChI is InChI=1S/C7H11NO/c1-3-4-5-7(6-9)8-2/h4-6H,3H2,1-2H3/b5-4-,8-7?. The Morgan fingerprint density at radius 3 is 2.67 bits per heavy atom. The highest BCUT2D eigenvalue weighted by Gasteiger charge is 1.83. The van der Waals surface area contributed by atoms with Crippen LogP contribution in [0.15, 0.2) is 17.1 Å². The van der Waals surface area contributed by atoms with Crippen molar-refractivity contribution in [1.29, 1.82) is 0 Å². The zero-order valence-corrected chi connectivity index (χ0v) is 5.79. The number of aliphatic imine (C=N–C) groups is 1. The third-order valence-corrected chi connectivity index (χ3v) is 0.903. The lowest BCUT2D eigenvalue weighted by Gasteiger charge is -1.82. The highest BCUT2D eigenvalue weighted by atomic mass is 16.1. The van der Waals surface area contributed by atoms with Crippen LogP contribution in [0.2, 0.25) is 0 Å². The van der Waals surface area contributed by atoms with Gasteiger partial charge in [-0.2, -0.15) is 0 Å². The lowest BCUT2D eigenvalue weighted by Crippen LogP contribution is -1.92. The number of aldehydes is 1. The van der Waals surface area contributed by atoms with Crippen LogP contribution in [0.4, 0.5) is 0 Å². The zero-order valence-electron chi connectivity index (χ0n) is 5.79. The number of rotatable bonds is 3. The molecule has 0 aromatic heterocycles. The third kappa shape index (κ3) is 3.64. The summed E-state index contributed by atoms with van der Waals surface area (Å²) < 4.78 is 0. The van der Waals surface area contributed by atoms with Gasteiger partial charge in [-0.3, -0.25) is 9.79 Å². The number of carbonyl (C=O) groups is 1. The molecule has 0 rings (SSSR count). The van der Waals surface area contributed by atoms with Gasteiger partial charge in [-0.1, -0.05) is 13.0 Å². The molecule has 0 unspecified atom stereocenters. The van der Waals surface area contributed by atoms with Gasteiger partial charge >= 0.3 is 0 Å². The molecular weight excluding hydrogens is 114 g/mol. The van der Waals surface area contributed by atoms with Crippen LogP contribution < -0.4 is 0 Å². The van der Waals surface area contributed by atoms with Crippen molar-refractivity contribution in [2.24, 2.45) is 4.99 Å². The largest absolute Gasteiger partial charge is 0.296 e. The van der Waals surface area contributed by atoms with Gasteiger partial charge in [-0.25, -0.2) is 0 Å². The molecule has 0 aliphatic rings. The smallest absolute Gasteiger partial charge is 0.167 e. The molecule has 0 fully saturated rings. The minimum atomic E-state index is 0.497. The topological polar surface area (TPSA) is 29.4 Å². The van der Waals surface area contributed by atoms with Crippen LogP contribution in [0.25, 0.3) is 0 Å². The average Bonchev–Trinajstić information content (AvgIpc) is 1.91. The van der Waals surface area contributed by atoms with E-state index in [0.717, 1.165) is 12.7 Å². The minimum absolute atomic E-state index is 0.497. The second kappa shape index (κ2) is 5.22. The molecule has 0 amide bonds. The molecule has 0 bridgehead atoms. The molecular formula is C7H11NO. The van der Waals surface area contributed by atoms with Crippen molar-refractivity contribution in [3.63, 3.8) is 0 Å². The fourth-order valence-electron chi connectivity index (χ4n) is 0.405. The summed E-state index contributed by atoms with van der Waals surface area (Å²) in [5.74, 6) is 0. The normalized spacial score (nSPS) is 12.4. The first-order chi connectivity index (χ1) is 4.35. The number of allylic oxidation sites excluding steroid dienone is 2. The highest BCUT2D eigenvalue weighted by molar-refractivity contribution is 6.33. The summed E-state index contributed by atoms with van der Waals surface area (Å²) in [5, 5.41) is 0. The molecule has 0 radical (unpaired) electrons. The Hall–Kier alpha value is -0.920. The first-order valence-corrected chi connectivity index (χ1v) is 2.93. The predicted octanol–water partition coefficient (Wildman–Crippen LogP) is 1.22. The van der Waals surface area contributed by atoms with Crippen molar-refractivity contribution in [1.82, 2.24) is 0 Å². The fourth-order valence-corrected chi connectivity index (χ4v) is 0.405. The van der Waals surface area contributed by atoms with Crippen molar-refractivity contribution in [3.8, 4) is 0 Å². The quantitative estimate of drug-likeness (QED) is 0.412. The van der Waals surface area contributed by atoms with Crippen LogP contribution in [0.1, 0.15) is 13.3 Å². The van der Waals surface area contributed by atoms with E-state index in [1.807, 2.05) is 13.0 Å². The van der Waals surface area contributed by atoms with E-state index >= 15 is 0 Å². The van der Waals surface area contributed by atoms with E-state index in [1.54, 1.807) is 13.1 Å². The summed E-state index contributed by atoms with van der Waals surface area (Å²) in [5.41, 5.74) is 0.497. The summed E-state index contributed by atoms with van der Waals surface area (Å²) in [4.78, 5) is 13.8. The number of hydrogen-bond acceptors (Lipinski definition) is 2. The Morgan fingerprint density at radius 1 is 1.67 bits per heavy atom. The van der Waals surface area contributed by atoms with Gasteiger partial charge in [0.25, 0.3) is 0 Å². The molecule has 0 aromatic carbocycles. The molecule has 0 spiro atoms. The summed E-state index contributed by atoms with van der Waals surface area (Å²) in [7, 11) is 1.60. The summed E-state index contributed by atoms with van der Waals surface area (Å²) in [6.07, 6.45) is 5.29. The molecule has 0 atom stereocenters. The molecule has 0 saturated heterocycles. The van der Waals surface area contributed by atoms with E-state index in [1.165, 1.54) is 0 Å². The maximum absolute atomic E-state index is 10.1. The maximum atomic E-state index is 10.1. The molecule has 50 valence electrons. The van der Waals surface area contributed by atoms with Crippen LogP contribution in [-0.4, -0.2) is 19.0 Å². The van der Waals surface area contributed by atoms with Crippen molar-refractivity contribution < 1.29 is 4.79 Å². The van der Waals surface area contributed by atoms with Gasteiger partial charge in [0.2, 0.25) is 0 Å². The SMILES string of the molecule is CC/C=C\C(C=O)=NC. The Morgan fingerprint density at radius 2 is 2.33 bits per heavy atom. The molecule has 0 aromatic rings. The molecule has 2 nitrogen and oxygen atoms in total. The first-order valence-electron chi connectivity index (χ1n) is 2.93. The van der Waals surface area contributed by atoms with Gasteiger partial charge in [-0.15, -0.1) is 0 Å². The van der Waals surface area contributed by atoms with Gasteiger partial charge in [0, 0.05) is 7.05 Å². The Balaban J connectivity index is 3.84. The highest BCUT2D eigenvalue weighted by Crippen LogP contribution is 1.80. The van der Waals surface area contributed by atoms with Crippen molar-refractivity contribution in [2.45, 2.75) is 13.3 Å². The molecule has 2 heteroatoms. The maximum Gasteiger partial charge on any atom is 0.167 e. The fraction of sp³-hybridized carbons (Fsp3) is 0.429. The van der Waals surface area contributed by atoms with Crippen molar-refractivity contribution in [3.05, 3.63) is 12.2 Å². The van der Waals surface area contributed by atoms with E-state index in [9.17, 15) is 4.79 Å². The first kappa shape index (κ1) is 8.08. The average molecular weight is 125 g/mol. The zero-order chi connectivity index (χ0) is 7.11. The van der Waals surface area contributed by atoms with Crippen LogP contribution >= 0.6 is 0 Å². The summed E-state index contributed by atoms with van der Waals surface area (Å²) in [6.45, 7) is 2.01. The van der Waals surface area contributed by atoms with Crippen molar-refractivity contribution in [2.75, 3.05) is 7.05 Å². The van der Waals surface area contributed by atoms with E-state index in [0.29, 0.717) is 5.71 Å². The molecule has 0 N–H and O–H groups in total. The van der Waals surface area contributed by atoms with Crippen LogP contribution in [0.3, 0.4) is 0 Å². The second-order valence-corrected chi connectivity index (χ2v) is 1.58. The van der Waals surface area contributed by atoms with Gasteiger partial charge in [0.05, 0.1) is 5.71 Å². The minimum Gasteiger partial charge on any atom is -0.296 e.